The SMILES string of the molecule is CO[Si](COCCN(CC(C)C)C(=O)C(CC(F)(F)F)N1C(=O)c2cc(Oc3ccc(C)cc3C)c3c4c(Oc5ccc(C)cc5C)cc5c6c(cc(Oc7ccc(C)cc7C)c(c7c(Oc8ccc(C)cc8C)cc(c2c37)C1=O)c64)C(=O)N(C(CC(F)(F)F)C(=O)N(CCOC[Si](OC)(OC)OC)CC(C)C)C5=O)(OC)OC. The number of benzene rings is 9. The van der Waals surface area contributed by atoms with Crippen molar-refractivity contribution in [3.05, 3.63) is 164 Å². The zero-order chi connectivity index (χ0) is 83.1. The Kier molecular flexibility index (Phi) is 25.5. The largest absolute Gasteiger partial charge is 0.527 e. The quantitative estimate of drug-likeness (QED) is 0.00912. The molecule has 2 aliphatic heterocycles. The molecule has 0 aromatic heterocycles. The molecule has 30 heteroatoms. The van der Waals surface area contributed by atoms with Crippen LogP contribution in [0.2, 0.25) is 0 Å². The zero-order valence-electron chi connectivity index (χ0n) is 67.0. The zero-order valence-corrected chi connectivity index (χ0v) is 69.0. The fourth-order valence-electron chi connectivity index (χ4n) is 15.1. The third-order valence-electron chi connectivity index (χ3n) is 20.4. The van der Waals surface area contributed by atoms with E-state index in [4.69, 9.17) is 55.0 Å². The number of carbonyl (C=O) groups excluding carboxylic acids is 6. The van der Waals surface area contributed by atoms with Gasteiger partial charge in [0.2, 0.25) is 11.8 Å². The topological polar surface area (TPSA) is 226 Å². The van der Waals surface area contributed by atoms with E-state index in [2.05, 4.69) is 0 Å². The van der Waals surface area contributed by atoms with Crippen LogP contribution in [0.15, 0.2) is 97.1 Å². The summed E-state index contributed by atoms with van der Waals surface area (Å²) in [4.78, 5) is 99.9. The van der Waals surface area contributed by atoms with Gasteiger partial charge in [-0.25, -0.2) is 0 Å². The maximum absolute atomic E-state index is 16.5. The van der Waals surface area contributed by atoms with Gasteiger partial charge in [-0.3, -0.25) is 38.6 Å². The van der Waals surface area contributed by atoms with Gasteiger partial charge in [0.05, 0.1) is 48.3 Å². The second-order valence-corrected chi connectivity index (χ2v) is 35.6. The van der Waals surface area contributed by atoms with Crippen LogP contribution < -0.4 is 18.9 Å². The summed E-state index contributed by atoms with van der Waals surface area (Å²) in [6.45, 7) is 19.7. The lowest BCUT2D eigenvalue weighted by molar-refractivity contribution is -0.159. The average molecular weight is 1620 g/mol. The van der Waals surface area contributed by atoms with E-state index in [1.165, 1.54) is 66.9 Å². The van der Waals surface area contributed by atoms with Crippen molar-refractivity contribution in [2.24, 2.45) is 11.8 Å². The fourth-order valence-corrected chi connectivity index (χ4v) is 17.6. The lowest BCUT2D eigenvalue weighted by Gasteiger charge is -2.38. The lowest BCUT2D eigenvalue weighted by Crippen LogP contribution is -2.57. The number of halogens is 6. The van der Waals surface area contributed by atoms with Crippen LogP contribution in [-0.2, 0) is 45.6 Å². The molecule has 0 radical (unpaired) electrons. The van der Waals surface area contributed by atoms with Crippen molar-refractivity contribution in [3.8, 4) is 46.0 Å². The predicted octanol–water partition coefficient (Wildman–Crippen LogP) is 17.0. The molecule has 0 N–H and O–H groups in total. The van der Waals surface area contributed by atoms with Crippen molar-refractivity contribution >= 4 is 96.1 Å². The van der Waals surface area contributed by atoms with Crippen molar-refractivity contribution in [2.45, 2.75) is 120 Å². The lowest BCUT2D eigenvalue weighted by atomic mass is 9.80. The van der Waals surface area contributed by atoms with E-state index < -0.39 is 113 Å². The second kappa shape index (κ2) is 34.1. The molecule has 114 heavy (non-hydrogen) atoms. The summed E-state index contributed by atoms with van der Waals surface area (Å²) in [5, 5.41) is -0.543. The molecule has 0 bridgehead atoms. The Bertz CT molecular complexity index is 4650. The molecule has 22 nitrogen and oxygen atoms in total. The second-order valence-electron chi connectivity index (χ2n) is 29.9. The number of hydrogen-bond donors (Lipinski definition) is 0. The first-order valence-electron chi connectivity index (χ1n) is 37.1. The maximum atomic E-state index is 16.5. The van der Waals surface area contributed by atoms with Gasteiger partial charge in [0.1, 0.15) is 70.5 Å². The molecule has 0 spiro atoms. The number of alkyl halides is 6. The monoisotopic (exact) mass is 1620 g/mol. The molecule has 0 fully saturated rings. The molecule has 2 unspecified atom stereocenters. The van der Waals surface area contributed by atoms with Gasteiger partial charge in [0.25, 0.3) is 23.6 Å². The molecule has 2 heterocycles. The summed E-state index contributed by atoms with van der Waals surface area (Å²) in [6, 6.07) is 20.7. The average Bonchev–Trinajstić information content (AvgIpc) is 0.669. The Morgan fingerprint density at radius 3 is 0.825 bits per heavy atom. The van der Waals surface area contributed by atoms with Gasteiger partial charge < -0.3 is 64.8 Å². The molecule has 11 rings (SSSR count). The number of aryl methyl sites for hydroxylation is 8. The predicted molar refractivity (Wildman–Crippen MR) is 420 cm³/mol. The Morgan fingerprint density at radius 2 is 0.614 bits per heavy atom. The molecule has 9 aromatic rings. The molecule has 608 valence electrons. The van der Waals surface area contributed by atoms with E-state index in [-0.39, 0.29) is 153 Å². The Hall–Kier alpha value is -9.61. The highest BCUT2D eigenvalue weighted by atomic mass is 28.4. The summed E-state index contributed by atoms with van der Waals surface area (Å²) >= 11 is 0. The number of rotatable bonds is 34. The third kappa shape index (κ3) is 17.3. The number of carbonyl (C=O) groups is 6. The van der Waals surface area contributed by atoms with Crippen LogP contribution in [0.4, 0.5) is 26.3 Å². The van der Waals surface area contributed by atoms with E-state index in [0.29, 0.717) is 32.1 Å². The highest BCUT2D eigenvalue weighted by molar-refractivity contribution is 6.61. The van der Waals surface area contributed by atoms with Gasteiger partial charge in [-0.05, 0) is 138 Å². The van der Waals surface area contributed by atoms with Gasteiger partial charge in [-0.1, -0.05) is 98.5 Å². The van der Waals surface area contributed by atoms with Gasteiger partial charge in [-0.2, -0.15) is 26.3 Å². The van der Waals surface area contributed by atoms with Crippen molar-refractivity contribution in [1.29, 1.82) is 0 Å². The highest BCUT2D eigenvalue weighted by Gasteiger charge is 2.52. The van der Waals surface area contributed by atoms with Gasteiger partial charge in [0, 0.05) is 112 Å². The molecule has 2 aliphatic rings. The van der Waals surface area contributed by atoms with E-state index in [0.717, 1.165) is 32.1 Å². The third-order valence-corrected chi connectivity index (χ3v) is 25.3. The number of hydrogen-bond acceptors (Lipinski definition) is 18. The van der Waals surface area contributed by atoms with Crippen LogP contribution in [0.25, 0.3) is 43.1 Å². The maximum Gasteiger partial charge on any atom is 0.527 e. The Labute approximate surface area is 659 Å². The van der Waals surface area contributed by atoms with Crippen molar-refractivity contribution in [1.82, 2.24) is 19.6 Å². The fraction of sp³-hybridized carbons (Fsp3) is 0.405. The summed E-state index contributed by atoms with van der Waals surface area (Å²) in [6.07, 6.45) is -14.9. The van der Waals surface area contributed by atoms with Crippen LogP contribution in [0, 0.1) is 67.2 Å². The van der Waals surface area contributed by atoms with Crippen LogP contribution in [-0.4, -0.2) is 192 Å². The number of nitrogens with zero attached hydrogens (tertiary/aromatic N) is 4. The summed E-state index contributed by atoms with van der Waals surface area (Å²) < 4.78 is 168. The number of imide groups is 2. The van der Waals surface area contributed by atoms with Crippen LogP contribution >= 0.6 is 0 Å². The number of amides is 6. The normalized spacial score (nSPS) is 14.1. The van der Waals surface area contributed by atoms with Crippen molar-refractivity contribution < 1.29 is 110 Å². The van der Waals surface area contributed by atoms with E-state index in [1.807, 2.05) is 52.0 Å². The Morgan fingerprint density at radius 1 is 0.368 bits per heavy atom. The minimum atomic E-state index is -5.21. The van der Waals surface area contributed by atoms with Gasteiger partial charge in [0.15, 0.2) is 0 Å². The molecule has 9 aromatic carbocycles. The molecule has 6 amide bonds. The molecule has 0 saturated carbocycles. The Balaban J connectivity index is 1.28. The summed E-state index contributed by atoms with van der Waals surface area (Å²) in [7, 11) is 1.36. The number of ether oxygens (including phenoxy) is 6. The standard InChI is InChI=1S/C84H94F6N4O18Si2/c1-45(2)41-91(27-29-107-43-113(101-13,102-14)103-15)81(99)59(39-83(85,86)87)93-77(95)55-35-65(109-61-23-19-47(5)31-51(61)9)71-73-67(111-63-25-21-49(7)33-53(63)11)37-57-70-58(80(98)94(79(57)97)60(40-84(88,89)90)82(100)92(42-46(3)4)28-30-108-44-114(104-16,105-17)106-18)38-68(112-64-26-22-50(8)34-54(64)12)74(76(70)73)72-66(36-56(78(93)96)69(55)75(71)72)110-62-24-20-48(6)32-52(62)10/h19-26,31-38,45-46,59-60H,27-30,39-44H2,1-18H3. The van der Waals surface area contributed by atoms with Crippen LogP contribution in [0.5, 0.6) is 46.0 Å². The molecular formula is C84H94F6N4O18Si2. The van der Waals surface area contributed by atoms with E-state index in [9.17, 15) is 0 Å². The first kappa shape index (κ1) is 85.3. The minimum absolute atomic E-state index is 0.0209. The van der Waals surface area contributed by atoms with E-state index in [1.54, 1.807) is 104 Å². The van der Waals surface area contributed by atoms with Crippen LogP contribution in [0.1, 0.15) is 126 Å². The van der Waals surface area contributed by atoms with Crippen molar-refractivity contribution in [2.75, 3.05) is 94.5 Å². The molecule has 2 atom stereocenters. The van der Waals surface area contributed by atoms with E-state index >= 15 is 55.1 Å². The first-order chi connectivity index (χ1) is 53.8. The van der Waals surface area contributed by atoms with Gasteiger partial charge >= 0.3 is 30.0 Å². The molecular weight excluding hydrogens is 1520 g/mol. The minimum Gasteiger partial charge on any atom is -0.456 e. The summed E-state index contributed by atoms with van der Waals surface area (Å²) in [5.41, 5.74) is 3.60. The summed E-state index contributed by atoms with van der Waals surface area (Å²) in [5.74, 6) is -8.96. The smallest absolute Gasteiger partial charge is 0.456 e. The highest BCUT2D eigenvalue weighted by Crippen LogP contribution is 2.59. The van der Waals surface area contributed by atoms with Gasteiger partial charge in [-0.15, -0.1) is 0 Å². The number of fused-ring (bicyclic) bond motifs is 2. The first-order valence-corrected chi connectivity index (χ1v) is 41.0. The van der Waals surface area contributed by atoms with Crippen LogP contribution in [0.3, 0.4) is 0 Å². The molecule has 0 aliphatic carbocycles. The molecule has 0 saturated heterocycles. The van der Waals surface area contributed by atoms with Crippen molar-refractivity contribution in [3.63, 3.8) is 0 Å².